The van der Waals surface area contributed by atoms with Gasteiger partial charge in [-0.1, -0.05) is 42.5 Å². The van der Waals surface area contributed by atoms with E-state index < -0.39 is 0 Å². The molecule has 166 valence electrons. The summed E-state index contributed by atoms with van der Waals surface area (Å²) in [5.41, 5.74) is 9.32. The predicted octanol–water partition coefficient (Wildman–Crippen LogP) is 5.89. The summed E-state index contributed by atoms with van der Waals surface area (Å²) in [6.07, 6.45) is 2.03. The summed E-state index contributed by atoms with van der Waals surface area (Å²) >= 11 is 0. The molecule has 2 aliphatic heterocycles. The number of fused-ring (bicyclic) bond motifs is 1. The number of epoxide rings is 2. The molecule has 2 fully saturated rings. The smallest absolute Gasteiger partial charge is 0.169 e. The monoisotopic (exact) mass is 439 g/mol. The van der Waals surface area contributed by atoms with Crippen LogP contribution in [0.3, 0.4) is 0 Å². The van der Waals surface area contributed by atoms with Crippen LogP contribution in [0.2, 0.25) is 0 Å². The molecule has 2 saturated heterocycles. The Morgan fingerprint density at radius 2 is 1.30 bits per heavy atom. The molecule has 0 spiro atoms. The lowest BCUT2D eigenvalue weighted by Gasteiger charge is -2.18. The lowest BCUT2D eigenvalue weighted by atomic mass is 9.96. The Labute approximate surface area is 192 Å². The van der Waals surface area contributed by atoms with Gasteiger partial charge in [-0.3, -0.25) is 0 Å². The van der Waals surface area contributed by atoms with Crippen molar-refractivity contribution in [1.82, 2.24) is 0 Å². The van der Waals surface area contributed by atoms with Gasteiger partial charge in [0.2, 0.25) is 0 Å². The fraction of sp³-hybridized carbons (Fsp3) is 0.214. The molecular weight excluding hydrogens is 414 g/mol. The minimum atomic E-state index is 0.220. The fourth-order valence-corrected chi connectivity index (χ4v) is 4.17. The van der Waals surface area contributed by atoms with Crippen molar-refractivity contribution in [1.29, 1.82) is 0 Å². The van der Waals surface area contributed by atoms with Crippen LogP contribution in [0.4, 0.5) is 5.69 Å². The summed E-state index contributed by atoms with van der Waals surface area (Å²) in [6, 6.07) is 25.9. The van der Waals surface area contributed by atoms with Crippen LogP contribution in [0.5, 0.6) is 23.0 Å². The van der Waals surface area contributed by atoms with Gasteiger partial charge in [-0.2, -0.15) is 0 Å². The number of anilines is 1. The molecule has 4 aromatic carbocycles. The third kappa shape index (κ3) is 4.51. The first kappa shape index (κ1) is 20.1. The van der Waals surface area contributed by atoms with Crippen LogP contribution in [0.15, 0.2) is 78.9 Å². The Morgan fingerprint density at radius 1 is 0.667 bits per heavy atom. The molecule has 0 aromatic heterocycles. The summed E-state index contributed by atoms with van der Waals surface area (Å²) in [5, 5.41) is 2.31. The molecule has 0 saturated carbocycles. The van der Waals surface area contributed by atoms with Gasteiger partial charge in [-0.15, -0.1) is 0 Å². The first-order chi connectivity index (χ1) is 16.2. The van der Waals surface area contributed by atoms with Gasteiger partial charge in [-0.25, -0.2) is 0 Å². The van der Waals surface area contributed by atoms with Gasteiger partial charge in [0, 0.05) is 24.1 Å². The van der Waals surface area contributed by atoms with E-state index in [0.717, 1.165) is 59.8 Å². The van der Waals surface area contributed by atoms with E-state index in [2.05, 4.69) is 18.2 Å². The highest BCUT2D eigenvalue weighted by atomic mass is 16.6. The fourth-order valence-electron chi connectivity index (χ4n) is 4.17. The minimum Gasteiger partial charge on any atom is -0.453 e. The molecular formula is C28H25NO4. The SMILES string of the molecule is Nc1ccc(Oc2ccccc2Oc2ccc3ccccc3c2)c(CC2CO2)c1CC1CO1. The van der Waals surface area contributed by atoms with Gasteiger partial charge in [0.15, 0.2) is 11.5 Å². The van der Waals surface area contributed by atoms with E-state index >= 15 is 0 Å². The van der Waals surface area contributed by atoms with Crippen molar-refractivity contribution in [2.75, 3.05) is 18.9 Å². The number of ether oxygens (including phenoxy) is 4. The van der Waals surface area contributed by atoms with Crippen LogP contribution in [0.25, 0.3) is 10.8 Å². The Balaban J connectivity index is 1.32. The lowest BCUT2D eigenvalue weighted by Crippen LogP contribution is -2.08. The highest BCUT2D eigenvalue weighted by Gasteiger charge is 2.30. The van der Waals surface area contributed by atoms with E-state index in [0.29, 0.717) is 11.5 Å². The van der Waals surface area contributed by atoms with E-state index in [1.54, 1.807) is 0 Å². The molecule has 2 atom stereocenters. The van der Waals surface area contributed by atoms with Crippen molar-refractivity contribution in [3.8, 4) is 23.0 Å². The lowest BCUT2D eigenvalue weighted by molar-refractivity contribution is 0.393. The second-order valence-corrected chi connectivity index (χ2v) is 8.59. The standard InChI is InChI=1S/C28H25NO4/c29-25-11-12-26(24(15-22-17-31-22)23(25)14-21-16-30-21)33-28-8-4-3-7-27(28)32-20-10-9-18-5-1-2-6-19(18)13-20/h1-13,21-22H,14-17,29H2. The highest BCUT2D eigenvalue weighted by molar-refractivity contribution is 5.83. The molecule has 5 nitrogen and oxygen atoms in total. The van der Waals surface area contributed by atoms with Gasteiger partial charge >= 0.3 is 0 Å². The molecule has 5 heteroatoms. The average molecular weight is 440 g/mol. The van der Waals surface area contributed by atoms with Crippen LogP contribution in [0.1, 0.15) is 11.1 Å². The minimum absolute atomic E-state index is 0.220. The van der Waals surface area contributed by atoms with Gasteiger partial charge < -0.3 is 24.7 Å². The third-order valence-electron chi connectivity index (χ3n) is 6.11. The van der Waals surface area contributed by atoms with E-state index in [4.69, 9.17) is 24.7 Å². The summed E-state index contributed by atoms with van der Waals surface area (Å²) < 4.78 is 23.7. The van der Waals surface area contributed by atoms with Gasteiger partial charge in [0.1, 0.15) is 11.5 Å². The van der Waals surface area contributed by atoms with Crippen LogP contribution in [0, 0.1) is 0 Å². The summed E-state index contributed by atoms with van der Waals surface area (Å²) in [5.74, 6) is 2.86. The number of benzene rings is 4. The highest BCUT2D eigenvalue weighted by Crippen LogP contribution is 2.40. The Hall–Kier alpha value is -3.54. The first-order valence-corrected chi connectivity index (χ1v) is 11.3. The maximum Gasteiger partial charge on any atom is 0.169 e. The molecule has 2 N–H and O–H groups in total. The topological polar surface area (TPSA) is 69.5 Å². The van der Waals surface area contributed by atoms with Crippen molar-refractivity contribution in [2.45, 2.75) is 25.0 Å². The molecule has 2 heterocycles. The van der Waals surface area contributed by atoms with Crippen molar-refractivity contribution in [3.63, 3.8) is 0 Å². The van der Waals surface area contributed by atoms with Crippen molar-refractivity contribution >= 4 is 16.5 Å². The Morgan fingerprint density at radius 3 is 2.03 bits per heavy atom. The van der Waals surface area contributed by atoms with E-state index in [9.17, 15) is 0 Å². The average Bonchev–Trinajstić information content (AvgIpc) is 3.75. The molecule has 0 amide bonds. The summed E-state index contributed by atoms with van der Waals surface area (Å²) in [6.45, 7) is 1.56. The number of hydrogen-bond donors (Lipinski definition) is 1. The zero-order valence-electron chi connectivity index (χ0n) is 18.2. The van der Waals surface area contributed by atoms with Crippen molar-refractivity contribution < 1.29 is 18.9 Å². The van der Waals surface area contributed by atoms with Crippen LogP contribution in [-0.4, -0.2) is 25.4 Å². The number of hydrogen-bond acceptors (Lipinski definition) is 5. The zero-order chi connectivity index (χ0) is 22.2. The maximum atomic E-state index is 6.45. The van der Waals surface area contributed by atoms with E-state index in [1.165, 1.54) is 5.39 Å². The number of nitrogens with two attached hydrogens (primary N) is 1. The van der Waals surface area contributed by atoms with E-state index in [1.807, 2.05) is 60.7 Å². The second-order valence-electron chi connectivity index (χ2n) is 8.59. The number of para-hydroxylation sites is 2. The second kappa shape index (κ2) is 8.43. The van der Waals surface area contributed by atoms with Crippen LogP contribution < -0.4 is 15.2 Å². The zero-order valence-corrected chi connectivity index (χ0v) is 18.2. The number of rotatable bonds is 8. The molecule has 2 unspecified atom stereocenters. The van der Waals surface area contributed by atoms with Gasteiger partial charge in [-0.05, 0) is 52.7 Å². The molecule has 0 bridgehead atoms. The quantitative estimate of drug-likeness (QED) is 0.274. The normalized spacial score (nSPS) is 18.8. The molecule has 6 rings (SSSR count). The molecule has 0 aliphatic carbocycles. The predicted molar refractivity (Wildman–Crippen MR) is 128 cm³/mol. The maximum absolute atomic E-state index is 6.45. The third-order valence-corrected chi connectivity index (χ3v) is 6.11. The summed E-state index contributed by atoms with van der Waals surface area (Å²) in [7, 11) is 0. The Bertz CT molecular complexity index is 1310. The molecule has 4 aromatic rings. The van der Waals surface area contributed by atoms with Crippen LogP contribution in [-0.2, 0) is 22.3 Å². The van der Waals surface area contributed by atoms with Gasteiger partial charge in [0.25, 0.3) is 0 Å². The van der Waals surface area contributed by atoms with Crippen molar-refractivity contribution in [3.05, 3.63) is 90.0 Å². The first-order valence-electron chi connectivity index (χ1n) is 11.3. The molecule has 2 aliphatic rings. The largest absolute Gasteiger partial charge is 0.453 e. The summed E-state index contributed by atoms with van der Waals surface area (Å²) in [4.78, 5) is 0. The molecule has 33 heavy (non-hydrogen) atoms. The number of nitrogen functional groups attached to an aromatic ring is 1. The van der Waals surface area contributed by atoms with E-state index in [-0.39, 0.29) is 12.2 Å². The van der Waals surface area contributed by atoms with Crippen molar-refractivity contribution in [2.24, 2.45) is 0 Å². The van der Waals surface area contributed by atoms with Gasteiger partial charge in [0.05, 0.1) is 25.4 Å². The van der Waals surface area contributed by atoms with Crippen LogP contribution >= 0.6 is 0 Å². The molecule has 0 radical (unpaired) electrons. The Kier molecular flexibility index (Phi) is 5.13.